The Labute approximate surface area is 143 Å². The van der Waals surface area contributed by atoms with Crippen molar-refractivity contribution in [1.29, 1.82) is 0 Å². The van der Waals surface area contributed by atoms with Crippen molar-refractivity contribution in [3.8, 4) is 0 Å². The molecule has 0 spiro atoms. The second kappa shape index (κ2) is 6.67. The van der Waals surface area contributed by atoms with Crippen LogP contribution in [0.3, 0.4) is 0 Å². The SMILES string of the molecule is CCS(=O)(=O)c1ccc(C(C)NC2c3ccccc3CC2O)cc1. The van der Waals surface area contributed by atoms with E-state index in [1.165, 1.54) is 5.56 Å². The number of hydrogen-bond acceptors (Lipinski definition) is 4. The minimum atomic E-state index is -3.17. The molecule has 0 aliphatic heterocycles. The summed E-state index contributed by atoms with van der Waals surface area (Å²) in [4.78, 5) is 0.354. The molecular formula is C19H23NO3S. The summed E-state index contributed by atoms with van der Waals surface area (Å²) in [6, 6.07) is 15.0. The second-order valence-corrected chi connectivity index (χ2v) is 8.59. The molecule has 0 amide bonds. The van der Waals surface area contributed by atoms with Crippen molar-refractivity contribution in [3.05, 3.63) is 65.2 Å². The zero-order valence-corrected chi connectivity index (χ0v) is 14.8. The molecule has 2 aromatic carbocycles. The van der Waals surface area contributed by atoms with Crippen LogP contribution in [-0.2, 0) is 16.3 Å². The maximum absolute atomic E-state index is 11.9. The number of aliphatic hydroxyl groups excluding tert-OH is 1. The smallest absolute Gasteiger partial charge is 0.178 e. The van der Waals surface area contributed by atoms with Gasteiger partial charge in [-0.1, -0.05) is 43.3 Å². The molecular weight excluding hydrogens is 322 g/mol. The fourth-order valence-electron chi connectivity index (χ4n) is 3.27. The van der Waals surface area contributed by atoms with Crippen molar-refractivity contribution in [1.82, 2.24) is 5.32 Å². The molecule has 2 aromatic rings. The van der Waals surface area contributed by atoms with Gasteiger partial charge in [0.15, 0.2) is 9.84 Å². The Morgan fingerprint density at radius 2 is 1.83 bits per heavy atom. The van der Waals surface area contributed by atoms with E-state index < -0.39 is 15.9 Å². The van der Waals surface area contributed by atoms with Crippen molar-refractivity contribution in [2.45, 2.75) is 43.4 Å². The van der Waals surface area contributed by atoms with Gasteiger partial charge in [-0.05, 0) is 35.7 Å². The molecule has 0 aromatic heterocycles. The van der Waals surface area contributed by atoms with E-state index in [0.717, 1.165) is 11.1 Å². The van der Waals surface area contributed by atoms with Gasteiger partial charge < -0.3 is 10.4 Å². The third kappa shape index (κ3) is 3.24. The number of sulfone groups is 1. The Balaban J connectivity index is 1.77. The van der Waals surface area contributed by atoms with E-state index in [4.69, 9.17) is 0 Å². The maximum atomic E-state index is 11.9. The lowest BCUT2D eigenvalue weighted by Crippen LogP contribution is -2.31. The van der Waals surface area contributed by atoms with Gasteiger partial charge >= 0.3 is 0 Å². The normalized spacial score (nSPS) is 21.5. The molecule has 1 aliphatic carbocycles. The number of rotatable bonds is 5. The van der Waals surface area contributed by atoms with Crippen LogP contribution < -0.4 is 5.32 Å². The summed E-state index contributed by atoms with van der Waals surface area (Å²) in [6.07, 6.45) is 0.221. The van der Waals surface area contributed by atoms with Crippen molar-refractivity contribution in [2.24, 2.45) is 0 Å². The molecule has 0 radical (unpaired) electrons. The quantitative estimate of drug-likeness (QED) is 0.874. The summed E-state index contributed by atoms with van der Waals surface area (Å²) >= 11 is 0. The highest BCUT2D eigenvalue weighted by Crippen LogP contribution is 2.33. The highest BCUT2D eigenvalue weighted by molar-refractivity contribution is 7.91. The van der Waals surface area contributed by atoms with E-state index in [-0.39, 0.29) is 17.8 Å². The highest BCUT2D eigenvalue weighted by atomic mass is 32.2. The van der Waals surface area contributed by atoms with Crippen molar-refractivity contribution in [2.75, 3.05) is 5.75 Å². The molecule has 1 aliphatic rings. The second-order valence-electron chi connectivity index (χ2n) is 6.31. The lowest BCUT2D eigenvalue weighted by atomic mass is 10.0. The van der Waals surface area contributed by atoms with Crippen LogP contribution in [0.2, 0.25) is 0 Å². The van der Waals surface area contributed by atoms with E-state index in [1.807, 2.05) is 37.3 Å². The van der Waals surface area contributed by atoms with Crippen LogP contribution in [0.1, 0.15) is 42.6 Å². The minimum Gasteiger partial charge on any atom is -0.391 e. The lowest BCUT2D eigenvalue weighted by molar-refractivity contribution is 0.136. The van der Waals surface area contributed by atoms with E-state index >= 15 is 0 Å². The summed E-state index contributed by atoms with van der Waals surface area (Å²) in [5.74, 6) is 0.102. The molecule has 24 heavy (non-hydrogen) atoms. The fraction of sp³-hybridized carbons (Fsp3) is 0.368. The Hall–Kier alpha value is -1.69. The van der Waals surface area contributed by atoms with Crippen LogP contribution in [-0.4, -0.2) is 25.4 Å². The molecule has 0 fully saturated rings. The van der Waals surface area contributed by atoms with Gasteiger partial charge in [0.25, 0.3) is 0 Å². The molecule has 3 atom stereocenters. The molecule has 0 bridgehead atoms. The van der Waals surface area contributed by atoms with E-state index in [9.17, 15) is 13.5 Å². The fourth-order valence-corrected chi connectivity index (χ4v) is 4.15. The van der Waals surface area contributed by atoms with Gasteiger partial charge in [0, 0.05) is 12.5 Å². The summed E-state index contributed by atoms with van der Waals surface area (Å²) in [5.41, 5.74) is 3.32. The highest BCUT2D eigenvalue weighted by Gasteiger charge is 2.31. The molecule has 0 saturated heterocycles. The van der Waals surface area contributed by atoms with Crippen molar-refractivity contribution < 1.29 is 13.5 Å². The topological polar surface area (TPSA) is 66.4 Å². The molecule has 3 rings (SSSR count). The third-order valence-corrected chi connectivity index (χ3v) is 6.50. The van der Waals surface area contributed by atoms with Gasteiger partial charge in [-0.2, -0.15) is 0 Å². The number of benzene rings is 2. The predicted molar refractivity (Wildman–Crippen MR) is 94.6 cm³/mol. The van der Waals surface area contributed by atoms with Crippen LogP contribution >= 0.6 is 0 Å². The van der Waals surface area contributed by atoms with E-state index in [1.54, 1.807) is 19.1 Å². The van der Waals surface area contributed by atoms with E-state index in [0.29, 0.717) is 11.3 Å². The first-order valence-electron chi connectivity index (χ1n) is 8.27. The Kier molecular flexibility index (Phi) is 4.76. The van der Waals surface area contributed by atoms with Crippen LogP contribution in [0.25, 0.3) is 0 Å². The number of hydrogen-bond donors (Lipinski definition) is 2. The summed E-state index contributed by atoms with van der Waals surface area (Å²) < 4.78 is 23.8. The summed E-state index contributed by atoms with van der Waals surface area (Å²) in [6.45, 7) is 3.67. The first-order valence-corrected chi connectivity index (χ1v) is 9.92. The summed E-state index contributed by atoms with van der Waals surface area (Å²) in [5, 5.41) is 13.8. The van der Waals surface area contributed by atoms with Crippen LogP contribution in [0.5, 0.6) is 0 Å². The average molecular weight is 345 g/mol. The Bertz CT molecular complexity index is 815. The van der Waals surface area contributed by atoms with Crippen LogP contribution in [0, 0.1) is 0 Å². The van der Waals surface area contributed by atoms with Crippen LogP contribution in [0.15, 0.2) is 53.4 Å². The van der Waals surface area contributed by atoms with Gasteiger partial charge in [0.2, 0.25) is 0 Å². The largest absolute Gasteiger partial charge is 0.391 e. The maximum Gasteiger partial charge on any atom is 0.178 e. The van der Waals surface area contributed by atoms with Crippen molar-refractivity contribution >= 4 is 9.84 Å². The van der Waals surface area contributed by atoms with Gasteiger partial charge in [-0.3, -0.25) is 0 Å². The molecule has 5 heteroatoms. The Morgan fingerprint density at radius 1 is 1.17 bits per heavy atom. The van der Waals surface area contributed by atoms with Crippen LogP contribution in [0.4, 0.5) is 0 Å². The first kappa shape index (κ1) is 17.1. The molecule has 3 unspecified atom stereocenters. The molecule has 128 valence electrons. The van der Waals surface area contributed by atoms with Crippen molar-refractivity contribution in [3.63, 3.8) is 0 Å². The zero-order chi connectivity index (χ0) is 17.3. The molecule has 4 nitrogen and oxygen atoms in total. The predicted octanol–water partition coefficient (Wildman–Crippen LogP) is 2.79. The Morgan fingerprint density at radius 3 is 2.50 bits per heavy atom. The van der Waals surface area contributed by atoms with Gasteiger partial charge in [0.05, 0.1) is 22.8 Å². The number of aliphatic hydroxyl groups is 1. The van der Waals surface area contributed by atoms with Gasteiger partial charge in [-0.25, -0.2) is 8.42 Å². The monoisotopic (exact) mass is 345 g/mol. The average Bonchev–Trinajstić information content (AvgIpc) is 2.90. The number of nitrogens with one attached hydrogen (secondary N) is 1. The summed E-state index contributed by atoms with van der Waals surface area (Å²) in [7, 11) is -3.17. The molecule has 0 heterocycles. The minimum absolute atomic E-state index is 0.00851. The van der Waals surface area contributed by atoms with Gasteiger partial charge in [0.1, 0.15) is 0 Å². The molecule has 2 N–H and O–H groups in total. The third-order valence-electron chi connectivity index (χ3n) is 4.75. The zero-order valence-electron chi connectivity index (χ0n) is 13.9. The lowest BCUT2D eigenvalue weighted by Gasteiger charge is -2.23. The van der Waals surface area contributed by atoms with E-state index in [2.05, 4.69) is 11.4 Å². The first-order chi connectivity index (χ1) is 11.4. The van der Waals surface area contributed by atoms with Gasteiger partial charge in [-0.15, -0.1) is 0 Å². The number of fused-ring (bicyclic) bond motifs is 1. The molecule has 0 saturated carbocycles. The standard InChI is InChI=1S/C19H23NO3S/c1-3-24(22,23)16-10-8-14(9-11-16)13(2)20-19-17-7-5-4-6-15(17)12-18(19)21/h4-11,13,18-21H,3,12H2,1-2H3.